The second-order valence-corrected chi connectivity index (χ2v) is 4.92. The number of likely N-dealkylation sites (tertiary alicyclic amines) is 1. The number of amides is 1. The SMILES string of the molecule is CC(=O)N[C@H]1CN(Cc2ccccc2)[C@@H](CO)C1F. The summed E-state index contributed by atoms with van der Waals surface area (Å²) in [4.78, 5) is 12.9. The van der Waals surface area contributed by atoms with Gasteiger partial charge in [-0.2, -0.15) is 0 Å². The van der Waals surface area contributed by atoms with Crippen LogP contribution in [0.25, 0.3) is 0 Å². The van der Waals surface area contributed by atoms with Gasteiger partial charge in [0.2, 0.25) is 5.91 Å². The monoisotopic (exact) mass is 266 g/mol. The van der Waals surface area contributed by atoms with E-state index >= 15 is 0 Å². The second-order valence-electron chi connectivity index (χ2n) is 4.92. The van der Waals surface area contributed by atoms with E-state index in [-0.39, 0.29) is 12.5 Å². The Morgan fingerprint density at radius 3 is 2.74 bits per heavy atom. The van der Waals surface area contributed by atoms with Crippen molar-refractivity contribution in [3.05, 3.63) is 35.9 Å². The van der Waals surface area contributed by atoms with Crippen molar-refractivity contribution in [2.75, 3.05) is 13.2 Å². The lowest BCUT2D eigenvalue weighted by atomic mass is 10.1. The fraction of sp³-hybridized carbons (Fsp3) is 0.500. The Balaban J connectivity index is 2.05. The highest BCUT2D eigenvalue weighted by atomic mass is 19.1. The molecule has 1 aromatic carbocycles. The van der Waals surface area contributed by atoms with Gasteiger partial charge in [0, 0.05) is 20.0 Å². The minimum absolute atomic E-state index is 0.245. The van der Waals surface area contributed by atoms with Crippen LogP contribution >= 0.6 is 0 Å². The lowest BCUT2D eigenvalue weighted by Gasteiger charge is -2.23. The number of benzene rings is 1. The first-order valence-corrected chi connectivity index (χ1v) is 6.42. The number of carbonyl (C=O) groups is 1. The molecule has 0 saturated carbocycles. The van der Waals surface area contributed by atoms with Crippen molar-refractivity contribution >= 4 is 5.91 Å². The van der Waals surface area contributed by atoms with E-state index in [0.29, 0.717) is 13.1 Å². The summed E-state index contributed by atoms with van der Waals surface area (Å²) in [7, 11) is 0. The molecule has 1 unspecified atom stereocenters. The van der Waals surface area contributed by atoms with E-state index < -0.39 is 18.3 Å². The quantitative estimate of drug-likeness (QED) is 0.844. The standard InChI is InChI=1S/C14H19FN2O2/c1-10(19)16-12-8-17(13(9-18)14(12)15)7-11-5-3-2-4-6-11/h2-6,12-14,18H,7-9H2,1H3,(H,16,19)/t12-,13-,14?/m0/s1. The maximum Gasteiger partial charge on any atom is 0.217 e. The van der Waals surface area contributed by atoms with Crippen molar-refractivity contribution in [2.24, 2.45) is 0 Å². The predicted octanol–water partition coefficient (Wildman–Crippen LogP) is 0.706. The van der Waals surface area contributed by atoms with Gasteiger partial charge in [-0.05, 0) is 5.56 Å². The molecule has 2 rings (SSSR count). The molecule has 1 fully saturated rings. The molecule has 1 heterocycles. The van der Waals surface area contributed by atoms with Crippen LogP contribution in [-0.4, -0.2) is 47.3 Å². The molecule has 104 valence electrons. The van der Waals surface area contributed by atoms with Crippen LogP contribution in [0.1, 0.15) is 12.5 Å². The average molecular weight is 266 g/mol. The van der Waals surface area contributed by atoms with Crippen molar-refractivity contribution in [1.82, 2.24) is 10.2 Å². The van der Waals surface area contributed by atoms with Crippen molar-refractivity contribution in [1.29, 1.82) is 0 Å². The maximum atomic E-state index is 14.1. The molecule has 4 nitrogen and oxygen atoms in total. The van der Waals surface area contributed by atoms with E-state index in [4.69, 9.17) is 0 Å². The van der Waals surface area contributed by atoms with Crippen molar-refractivity contribution in [2.45, 2.75) is 31.7 Å². The van der Waals surface area contributed by atoms with Crippen molar-refractivity contribution in [3.8, 4) is 0 Å². The van der Waals surface area contributed by atoms with Crippen molar-refractivity contribution < 1.29 is 14.3 Å². The molecule has 0 spiro atoms. The van der Waals surface area contributed by atoms with Gasteiger partial charge in [-0.25, -0.2) is 4.39 Å². The van der Waals surface area contributed by atoms with E-state index in [9.17, 15) is 14.3 Å². The summed E-state index contributed by atoms with van der Waals surface area (Å²) >= 11 is 0. The average Bonchev–Trinajstić information content (AvgIpc) is 2.66. The summed E-state index contributed by atoms with van der Waals surface area (Å²) in [5.41, 5.74) is 1.07. The van der Waals surface area contributed by atoms with E-state index in [1.54, 1.807) is 0 Å². The van der Waals surface area contributed by atoms with Gasteiger partial charge in [-0.1, -0.05) is 30.3 Å². The van der Waals surface area contributed by atoms with E-state index in [1.165, 1.54) is 6.92 Å². The third-order valence-electron chi connectivity index (χ3n) is 3.46. The summed E-state index contributed by atoms with van der Waals surface area (Å²) in [6, 6.07) is 8.61. The van der Waals surface area contributed by atoms with Gasteiger partial charge in [0.15, 0.2) is 0 Å². The first kappa shape index (κ1) is 14.0. The fourth-order valence-electron chi connectivity index (χ4n) is 2.56. The van der Waals surface area contributed by atoms with Crippen LogP contribution in [-0.2, 0) is 11.3 Å². The number of alkyl halides is 1. The first-order chi connectivity index (χ1) is 9.11. The minimum Gasteiger partial charge on any atom is -0.395 e. The number of halogens is 1. The van der Waals surface area contributed by atoms with Crippen LogP contribution in [0.3, 0.4) is 0 Å². The Morgan fingerprint density at radius 2 is 2.16 bits per heavy atom. The topological polar surface area (TPSA) is 52.6 Å². The highest BCUT2D eigenvalue weighted by Gasteiger charge is 2.41. The van der Waals surface area contributed by atoms with Crippen LogP contribution in [0.4, 0.5) is 4.39 Å². The number of hydrogen-bond acceptors (Lipinski definition) is 3. The molecule has 0 radical (unpaired) electrons. The Hall–Kier alpha value is -1.46. The highest BCUT2D eigenvalue weighted by molar-refractivity contribution is 5.73. The van der Waals surface area contributed by atoms with Crippen LogP contribution < -0.4 is 5.32 Å². The Kier molecular flexibility index (Phi) is 4.50. The number of nitrogens with one attached hydrogen (secondary N) is 1. The number of hydrogen-bond donors (Lipinski definition) is 2. The third-order valence-corrected chi connectivity index (χ3v) is 3.46. The molecule has 1 saturated heterocycles. The van der Waals surface area contributed by atoms with Gasteiger partial charge in [-0.15, -0.1) is 0 Å². The molecule has 1 amide bonds. The van der Waals surface area contributed by atoms with E-state index in [1.807, 2.05) is 35.2 Å². The zero-order valence-electron chi connectivity index (χ0n) is 10.9. The molecule has 0 aromatic heterocycles. The number of rotatable bonds is 4. The molecule has 0 bridgehead atoms. The molecular weight excluding hydrogens is 247 g/mol. The lowest BCUT2D eigenvalue weighted by Crippen LogP contribution is -2.42. The minimum atomic E-state index is -1.24. The zero-order valence-corrected chi connectivity index (χ0v) is 10.9. The molecule has 1 aromatic rings. The van der Waals surface area contributed by atoms with Gasteiger partial charge < -0.3 is 10.4 Å². The van der Waals surface area contributed by atoms with Gasteiger partial charge in [0.25, 0.3) is 0 Å². The summed E-state index contributed by atoms with van der Waals surface area (Å²) in [6.45, 7) is 2.12. The normalized spacial score (nSPS) is 27.4. The number of nitrogens with zero attached hydrogens (tertiary/aromatic N) is 1. The Labute approximate surface area is 112 Å². The lowest BCUT2D eigenvalue weighted by molar-refractivity contribution is -0.119. The van der Waals surface area contributed by atoms with E-state index in [2.05, 4.69) is 5.32 Å². The van der Waals surface area contributed by atoms with Gasteiger partial charge in [-0.3, -0.25) is 9.69 Å². The molecule has 3 atom stereocenters. The Morgan fingerprint density at radius 1 is 1.47 bits per heavy atom. The van der Waals surface area contributed by atoms with Crippen LogP contribution in [0.2, 0.25) is 0 Å². The molecule has 1 aliphatic heterocycles. The summed E-state index contributed by atoms with van der Waals surface area (Å²) in [6.07, 6.45) is -1.24. The van der Waals surface area contributed by atoms with Gasteiger partial charge in [0.1, 0.15) is 6.17 Å². The fourth-order valence-corrected chi connectivity index (χ4v) is 2.56. The molecule has 19 heavy (non-hydrogen) atoms. The van der Waals surface area contributed by atoms with Crippen LogP contribution in [0.15, 0.2) is 30.3 Å². The number of carbonyl (C=O) groups excluding carboxylic acids is 1. The predicted molar refractivity (Wildman–Crippen MR) is 70.2 cm³/mol. The van der Waals surface area contributed by atoms with Crippen LogP contribution in [0.5, 0.6) is 0 Å². The summed E-state index contributed by atoms with van der Waals surface area (Å²) in [5, 5.41) is 11.9. The molecule has 0 aliphatic carbocycles. The smallest absolute Gasteiger partial charge is 0.217 e. The highest BCUT2D eigenvalue weighted by Crippen LogP contribution is 2.23. The number of aliphatic hydroxyl groups is 1. The van der Waals surface area contributed by atoms with Gasteiger partial charge >= 0.3 is 0 Å². The number of aliphatic hydroxyl groups excluding tert-OH is 1. The molecule has 1 aliphatic rings. The largest absolute Gasteiger partial charge is 0.395 e. The maximum absolute atomic E-state index is 14.1. The first-order valence-electron chi connectivity index (χ1n) is 6.42. The Bertz CT molecular complexity index is 427. The van der Waals surface area contributed by atoms with Crippen LogP contribution in [0, 0.1) is 0 Å². The second kappa shape index (κ2) is 6.12. The van der Waals surface area contributed by atoms with Gasteiger partial charge in [0.05, 0.1) is 18.7 Å². The van der Waals surface area contributed by atoms with E-state index in [0.717, 1.165) is 5.56 Å². The zero-order chi connectivity index (χ0) is 13.8. The molecule has 2 N–H and O–H groups in total. The molecular formula is C14H19FN2O2. The third kappa shape index (κ3) is 3.30. The summed E-state index contributed by atoms with van der Waals surface area (Å²) < 4.78 is 14.1. The summed E-state index contributed by atoms with van der Waals surface area (Å²) in [5.74, 6) is -0.245. The van der Waals surface area contributed by atoms with Crippen molar-refractivity contribution in [3.63, 3.8) is 0 Å². The molecule has 5 heteroatoms.